The number of ether oxygens (including phenoxy) is 3. The molecule has 0 radical (unpaired) electrons. The van der Waals surface area contributed by atoms with Crippen LogP contribution in [0.1, 0.15) is 23.6 Å². The topological polar surface area (TPSA) is 56.8 Å². The Kier molecular flexibility index (Phi) is 8.17. The molecule has 0 unspecified atom stereocenters. The molecule has 0 aliphatic carbocycles. The standard InChI is InChI=1S/C21H24ClNO4/c1-4-27-21-18(22)11-15(12-19(21)26-3)8-9-20(24)23-13-16-6-5-7-17(10-16)14-25-2/h5-12H,4,13-14H2,1-3H3,(H,23,24). The smallest absolute Gasteiger partial charge is 0.244 e. The van der Waals surface area contributed by atoms with Gasteiger partial charge in [0.05, 0.1) is 25.3 Å². The lowest BCUT2D eigenvalue weighted by Gasteiger charge is -2.11. The highest BCUT2D eigenvalue weighted by Crippen LogP contribution is 2.36. The second-order valence-corrected chi connectivity index (χ2v) is 6.18. The van der Waals surface area contributed by atoms with E-state index >= 15 is 0 Å². The fraction of sp³-hybridized carbons (Fsp3) is 0.286. The van der Waals surface area contributed by atoms with Crippen molar-refractivity contribution in [3.05, 3.63) is 64.2 Å². The summed E-state index contributed by atoms with van der Waals surface area (Å²) in [5.74, 6) is 0.828. The van der Waals surface area contributed by atoms with Gasteiger partial charge in [-0.2, -0.15) is 0 Å². The Labute approximate surface area is 164 Å². The number of methoxy groups -OCH3 is 2. The van der Waals surface area contributed by atoms with Gasteiger partial charge in [0.1, 0.15) is 0 Å². The predicted molar refractivity (Wildman–Crippen MR) is 107 cm³/mol. The monoisotopic (exact) mass is 389 g/mol. The summed E-state index contributed by atoms with van der Waals surface area (Å²) in [6.07, 6.45) is 3.14. The molecule has 0 bridgehead atoms. The third-order valence-electron chi connectivity index (χ3n) is 3.74. The zero-order valence-corrected chi connectivity index (χ0v) is 16.5. The number of halogens is 1. The minimum absolute atomic E-state index is 0.198. The van der Waals surface area contributed by atoms with Crippen molar-refractivity contribution in [2.24, 2.45) is 0 Å². The first-order chi connectivity index (χ1) is 13.1. The number of amides is 1. The van der Waals surface area contributed by atoms with Crippen LogP contribution in [0, 0.1) is 0 Å². The lowest BCUT2D eigenvalue weighted by molar-refractivity contribution is -0.116. The highest BCUT2D eigenvalue weighted by atomic mass is 35.5. The van der Waals surface area contributed by atoms with Gasteiger partial charge in [0.25, 0.3) is 0 Å². The number of carbonyl (C=O) groups is 1. The van der Waals surface area contributed by atoms with E-state index in [2.05, 4.69) is 5.32 Å². The van der Waals surface area contributed by atoms with Gasteiger partial charge in [-0.15, -0.1) is 0 Å². The van der Waals surface area contributed by atoms with Crippen LogP contribution >= 0.6 is 11.6 Å². The van der Waals surface area contributed by atoms with Gasteiger partial charge < -0.3 is 19.5 Å². The van der Waals surface area contributed by atoms with Crippen LogP contribution in [0.3, 0.4) is 0 Å². The maximum atomic E-state index is 12.1. The zero-order chi connectivity index (χ0) is 19.6. The molecule has 0 aromatic heterocycles. The minimum Gasteiger partial charge on any atom is -0.493 e. The Morgan fingerprint density at radius 1 is 1.19 bits per heavy atom. The maximum Gasteiger partial charge on any atom is 0.244 e. The molecule has 0 saturated carbocycles. The van der Waals surface area contributed by atoms with Crippen molar-refractivity contribution in [3.8, 4) is 11.5 Å². The van der Waals surface area contributed by atoms with Crippen molar-refractivity contribution < 1.29 is 19.0 Å². The zero-order valence-electron chi connectivity index (χ0n) is 15.8. The molecule has 2 aromatic carbocycles. The quantitative estimate of drug-likeness (QED) is 0.652. The van der Waals surface area contributed by atoms with Gasteiger partial charge in [-0.25, -0.2) is 0 Å². The number of rotatable bonds is 9. The predicted octanol–water partition coefficient (Wildman–Crippen LogP) is 4.22. The third kappa shape index (κ3) is 6.31. The van der Waals surface area contributed by atoms with E-state index in [1.54, 1.807) is 32.4 Å². The molecule has 0 heterocycles. The summed E-state index contributed by atoms with van der Waals surface area (Å²) < 4.78 is 15.9. The Balaban J connectivity index is 2.00. The summed E-state index contributed by atoms with van der Waals surface area (Å²) >= 11 is 6.24. The molecule has 5 nitrogen and oxygen atoms in total. The summed E-state index contributed by atoms with van der Waals surface area (Å²) in [4.78, 5) is 12.1. The molecule has 1 amide bonds. The van der Waals surface area contributed by atoms with Gasteiger partial charge in [-0.1, -0.05) is 35.9 Å². The fourth-order valence-electron chi connectivity index (χ4n) is 2.54. The van der Waals surface area contributed by atoms with Crippen LogP contribution in [-0.2, 0) is 22.7 Å². The van der Waals surface area contributed by atoms with Crippen LogP contribution in [0.2, 0.25) is 5.02 Å². The van der Waals surface area contributed by atoms with Crippen LogP contribution in [-0.4, -0.2) is 26.7 Å². The van der Waals surface area contributed by atoms with Crippen LogP contribution in [0.4, 0.5) is 0 Å². The Morgan fingerprint density at radius 3 is 2.67 bits per heavy atom. The molecule has 144 valence electrons. The van der Waals surface area contributed by atoms with E-state index < -0.39 is 0 Å². The van der Waals surface area contributed by atoms with E-state index in [0.717, 1.165) is 16.7 Å². The number of hydrogen-bond acceptors (Lipinski definition) is 4. The number of hydrogen-bond donors (Lipinski definition) is 1. The number of nitrogens with one attached hydrogen (secondary N) is 1. The Bertz CT molecular complexity index is 805. The number of carbonyl (C=O) groups excluding carboxylic acids is 1. The van der Waals surface area contributed by atoms with Crippen LogP contribution in [0.15, 0.2) is 42.5 Å². The van der Waals surface area contributed by atoms with Gasteiger partial charge in [0.15, 0.2) is 11.5 Å². The van der Waals surface area contributed by atoms with Crippen LogP contribution in [0.25, 0.3) is 6.08 Å². The molecule has 2 rings (SSSR count). The van der Waals surface area contributed by atoms with E-state index in [4.69, 9.17) is 25.8 Å². The van der Waals surface area contributed by atoms with Crippen molar-refractivity contribution in [2.45, 2.75) is 20.1 Å². The molecule has 0 aliphatic heterocycles. The van der Waals surface area contributed by atoms with E-state index in [1.165, 1.54) is 6.08 Å². The highest BCUT2D eigenvalue weighted by molar-refractivity contribution is 6.32. The largest absolute Gasteiger partial charge is 0.493 e. The minimum atomic E-state index is -0.198. The van der Waals surface area contributed by atoms with Crippen molar-refractivity contribution in [1.82, 2.24) is 5.32 Å². The van der Waals surface area contributed by atoms with Gasteiger partial charge in [0.2, 0.25) is 5.91 Å². The van der Waals surface area contributed by atoms with E-state index in [0.29, 0.717) is 36.3 Å². The Morgan fingerprint density at radius 2 is 1.96 bits per heavy atom. The summed E-state index contributed by atoms with van der Waals surface area (Å²) in [6.45, 7) is 3.34. The van der Waals surface area contributed by atoms with E-state index in [-0.39, 0.29) is 5.91 Å². The van der Waals surface area contributed by atoms with Crippen LogP contribution < -0.4 is 14.8 Å². The van der Waals surface area contributed by atoms with E-state index in [1.807, 2.05) is 31.2 Å². The summed E-state index contributed by atoms with van der Waals surface area (Å²) in [5, 5.41) is 3.29. The highest BCUT2D eigenvalue weighted by Gasteiger charge is 2.10. The summed E-state index contributed by atoms with van der Waals surface area (Å²) in [7, 11) is 3.20. The number of benzene rings is 2. The molecular weight excluding hydrogens is 366 g/mol. The van der Waals surface area contributed by atoms with Gasteiger partial charge in [-0.3, -0.25) is 4.79 Å². The van der Waals surface area contributed by atoms with E-state index in [9.17, 15) is 4.79 Å². The van der Waals surface area contributed by atoms with Crippen molar-refractivity contribution in [3.63, 3.8) is 0 Å². The second kappa shape index (κ2) is 10.6. The molecule has 0 saturated heterocycles. The molecule has 0 atom stereocenters. The molecule has 0 spiro atoms. The third-order valence-corrected chi connectivity index (χ3v) is 4.02. The molecule has 0 aliphatic rings. The van der Waals surface area contributed by atoms with Gasteiger partial charge >= 0.3 is 0 Å². The molecular formula is C21H24ClNO4. The lowest BCUT2D eigenvalue weighted by Crippen LogP contribution is -2.20. The normalized spacial score (nSPS) is 10.8. The maximum absolute atomic E-state index is 12.1. The summed E-state index contributed by atoms with van der Waals surface area (Å²) in [6, 6.07) is 11.4. The van der Waals surface area contributed by atoms with Crippen molar-refractivity contribution in [1.29, 1.82) is 0 Å². The average molecular weight is 390 g/mol. The first kappa shape index (κ1) is 20.8. The fourth-order valence-corrected chi connectivity index (χ4v) is 2.81. The SMILES string of the molecule is CCOc1c(Cl)cc(C=CC(=O)NCc2cccc(COC)c2)cc1OC. The second-order valence-electron chi connectivity index (χ2n) is 5.77. The van der Waals surface area contributed by atoms with Crippen molar-refractivity contribution in [2.75, 3.05) is 20.8 Å². The Hall–Kier alpha value is -2.50. The lowest BCUT2D eigenvalue weighted by atomic mass is 10.1. The van der Waals surface area contributed by atoms with Crippen molar-refractivity contribution >= 4 is 23.6 Å². The molecule has 1 N–H and O–H groups in total. The molecule has 0 fully saturated rings. The molecule has 6 heteroatoms. The molecule has 2 aromatic rings. The van der Waals surface area contributed by atoms with Crippen LogP contribution in [0.5, 0.6) is 11.5 Å². The van der Waals surface area contributed by atoms with Gasteiger partial charge in [-0.05, 0) is 41.8 Å². The summed E-state index contributed by atoms with van der Waals surface area (Å²) in [5.41, 5.74) is 2.82. The first-order valence-corrected chi connectivity index (χ1v) is 8.98. The first-order valence-electron chi connectivity index (χ1n) is 8.60. The molecule has 27 heavy (non-hydrogen) atoms. The average Bonchev–Trinajstić information content (AvgIpc) is 2.67. The van der Waals surface area contributed by atoms with Gasteiger partial charge in [0, 0.05) is 19.7 Å².